The predicted octanol–water partition coefficient (Wildman–Crippen LogP) is 5.35. The third-order valence-electron chi connectivity index (χ3n) is 4.92. The molecular formula is C20H13N3S. The summed E-state index contributed by atoms with van der Waals surface area (Å²) in [7, 11) is 2.10. The first kappa shape index (κ1) is 12.6. The lowest BCUT2D eigenvalue weighted by Crippen LogP contribution is -1.87. The van der Waals surface area contributed by atoms with E-state index in [1.807, 2.05) is 17.4 Å². The maximum atomic E-state index is 4.82. The third-order valence-corrected chi connectivity index (χ3v) is 6.05. The number of aryl methyl sites for hydroxylation is 1. The van der Waals surface area contributed by atoms with Crippen molar-refractivity contribution in [2.75, 3.05) is 0 Å². The van der Waals surface area contributed by atoms with Gasteiger partial charge in [-0.1, -0.05) is 30.3 Å². The monoisotopic (exact) mass is 327 g/mol. The molecule has 24 heavy (non-hydrogen) atoms. The van der Waals surface area contributed by atoms with Crippen LogP contribution in [0.1, 0.15) is 0 Å². The lowest BCUT2D eigenvalue weighted by atomic mass is 10.1. The van der Waals surface area contributed by atoms with E-state index in [9.17, 15) is 0 Å². The second-order valence-electron chi connectivity index (χ2n) is 6.23. The zero-order chi connectivity index (χ0) is 15.8. The van der Waals surface area contributed by atoms with Gasteiger partial charge in [-0.15, -0.1) is 11.3 Å². The molecular weight excluding hydrogens is 314 g/mol. The van der Waals surface area contributed by atoms with Gasteiger partial charge in [0.05, 0.1) is 22.1 Å². The number of hydrogen-bond donors (Lipinski definition) is 0. The van der Waals surface area contributed by atoms with Crippen LogP contribution in [0.5, 0.6) is 0 Å². The lowest BCUT2D eigenvalue weighted by molar-refractivity contribution is 0.974. The van der Waals surface area contributed by atoms with Crippen molar-refractivity contribution in [3.8, 4) is 0 Å². The van der Waals surface area contributed by atoms with Gasteiger partial charge >= 0.3 is 0 Å². The molecule has 6 rings (SSSR count). The third kappa shape index (κ3) is 1.40. The first-order valence-electron chi connectivity index (χ1n) is 7.98. The topological polar surface area (TPSA) is 22.2 Å². The van der Waals surface area contributed by atoms with Crippen molar-refractivity contribution in [2.45, 2.75) is 0 Å². The molecule has 0 saturated carbocycles. The average Bonchev–Trinajstić information content (AvgIpc) is 3.24. The molecule has 3 aromatic heterocycles. The molecule has 4 heteroatoms. The largest absolute Gasteiger partial charge is 0.313 e. The molecule has 114 valence electrons. The minimum Gasteiger partial charge on any atom is -0.313 e. The summed E-state index contributed by atoms with van der Waals surface area (Å²) in [4.78, 5) is 4.82. The fourth-order valence-corrected chi connectivity index (χ4v) is 4.90. The maximum absolute atomic E-state index is 4.82. The van der Waals surface area contributed by atoms with Crippen LogP contribution in [0.4, 0.5) is 0 Å². The maximum Gasteiger partial charge on any atom is 0.215 e. The molecule has 0 amide bonds. The normalized spacial score (nSPS) is 12.4. The van der Waals surface area contributed by atoms with Crippen LogP contribution >= 0.6 is 11.3 Å². The van der Waals surface area contributed by atoms with Crippen LogP contribution in [0.25, 0.3) is 48.0 Å². The highest BCUT2D eigenvalue weighted by molar-refractivity contribution is 7.25. The molecule has 0 spiro atoms. The lowest BCUT2D eigenvalue weighted by Gasteiger charge is -1.98. The van der Waals surface area contributed by atoms with E-state index >= 15 is 0 Å². The van der Waals surface area contributed by atoms with Gasteiger partial charge in [-0.05, 0) is 30.3 Å². The standard InChI is InChI=1S/C20H13N3S/c1-22-16-10-13-12-6-2-5-9-18(12)24-19(13)11-17(16)23-15-8-4-3-7-14(15)21-20(22)23/h2-11H,1H3. The molecule has 0 N–H and O–H groups in total. The minimum absolute atomic E-state index is 0.994. The number of aromatic nitrogens is 3. The Hall–Kier alpha value is -2.85. The number of nitrogens with zero attached hydrogens (tertiary/aromatic N) is 3. The number of benzene rings is 3. The summed E-state index contributed by atoms with van der Waals surface area (Å²) >= 11 is 1.86. The zero-order valence-corrected chi connectivity index (χ0v) is 13.8. The van der Waals surface area contributed by atoms with Crippen molar-refractivity contribution in [3.63, 3.8) is 0 Å². The Labute approximate surface area is 141 Å². The van der Waals surface area contributed by atoms with Crippen LogP contribution in [0.15, 0.2) is 60.7 Å². The molecule has 0 aliphatic carbocycles. The number of imidazole rings is 2. The summed E-state index contributed by atoms with van der Waals surface area (Å²) in [6, 6.07) is 21.6. The Bertz CT molecular complexity index is 1410. The van der Waals surface area contributed by atoms with Gasteiger partial charge in [-0.2, -0.15) is 0 Å². The molecule has 6 aromatic rings. The van der Waals surface area contributed by atoms with Gasteiger partial charge in [0.1, 0.15) is 0 Å². The fourth-order valence-electron chi connectivity index (χ4n) is 3.78. The molecule has 0 aliphatic heterocycles. The molecule has 0 unspecified atom stereocenters. The van der Waals surface area contributed by atoms with Crippen LogP contribution in [0.3, 0.4) is 0 Å². The number of thiophene rings is 1. The van der Waals surface area contributed by atoms with Crippen LogP contribution in [0, 0.1) is 0 Å². The van der Waals surface area contributed by atoms with Gasteiger partial charge < -0.3 is 4.57 Å². The van der Waals surface area contributed by atoms with E-state index in [0.29, 0.717) is 0 Å². The Balaban J connectivity index is 1.90. The van der Waals surface area contributed by atoms with Crippen molar-refractivity contribution < 1.29 is 0 Å². The summed E-state index contributed by atoms with van der Waals surface area (Å²) in [5.41, 5.74) is 4.65. The van der Waals surface area contributed by atoms with E-state index in [0.717, 1.165) is 11.3 Å². The quantitative estimate of drug-likeness (QED) is 0.369. The van der Waals surface area contributed by atoms with E-state index in [1.165, 1.54) is 36.7 Å². The summed E-state index contributed by atoms with van der Waals surface area (Å²) in [6.07, 6.45) is 0. The Morgan fingerprint density at radius 1 is 0.792 bits per heavy atom. The first-order valence-corrected chi connectivity index (χ1v) is 8.80. The Morgan fingerprint density at radius 2 is 1.62 bits per heavy atom. The number of rotatable bonds is 0. The van der Waals surface area contributed by atoms with Gasteiger partial charge in [0.15, 0.2) is 0 Å². The number of para-hydroxylation sites is 2. The molecule has 0 radical (unpaired) electrons. The Morgan fingerprint density at radius 3 is 2.58 bits per heavy atom. The van der Waals surface area contributed by atoms with Crippen LogP contribution in [-0.2, 0) is 7.05 Å². The molecule has 0 aliphatic rings. The smallest absolute Gasteiger partial charge is 0.215 e. The average molecular weight is 327 g/mol. The molecule has 0 bridgehead atoms. The van der Waals surface area contributed by atoms with Gasteiger partial charge in [0, 0.05) is 27.2 Å². The summed E-state index contributed by atoms with van der Waals surface area (Å²) in [5, 5.41) is 2.67. The highest BCUT2D eigenvalue weighted by Gasteiger charge is 2.15. The van der Waals surface area contributed by atoms with E-state index in [1.54, 1.807) is 0 Å². The summed E-state index contributed by atoms with van der Waals surface area (Å²) in [6.45, 7) is 0. The zero-order valence-electron chi connectivity index (χ0n) is 13.0. The summed E-state index contributed by atoms with van der Waals surface area (Å²) < 4.78 is 7.14. The Kier molecular flexibility index (Phi) is 2.18. The molecule has 0 atom stereocenters. The summed E-state index contributed by atoms with van der Waals surface area (Å²) in [5.74, 6) is 0.994. The van der Waals surface area contributed by atoms with Crippen molar-refractivity contribution in [1.82, 2.24) is 14.0 Å². The van der Waals surface area contributed by atoms with E-state index < -0.39 is 0 Å². The van der Waals surface area contributed by atoms with Gasteiger partial charge in [0.2, 0.25) is 5.78 Å². The van der Waals surface area contributed by atoms with Gasteiger partial charge in [-0.3, -0.25) is 4.40 Å². The second-order valence-corrected chi connectivity index (χ2v) is 7.31. The first-order chi connectivity index (χ1) is 11.8. The fraction of sp³-hybridized carbons (Fsp3) is 0.0500. The molecule has 0 saturated heterocycles. The molecule has 3 aromatic carbocycles. The highest BCUT2D eigenvalue weighted by Crippen LogP contribution is 2.37. The van der Waals surface area contributed by atoms with E-state index in [4.69, 9.17) is 4.98 Å². The van der Waals surface area contributed by atoms with Crippen LogP contribution < -0.4 is 0 Å². The van der Waals surface area contributed by atoms with Crippen molar-refractivity contribution in [2.24, 2.45) is 7.05 Å². The van der Waals surface area contributed by atoms with Gasteiger partial charge in [-0.25, -0.2) is 4.98 Å². The molecule has 0 fully saturated rings. The van der Waals surface area contributed by atoms with Crippen molar-refractivity contribution >= 4 is 59.4 Å². The van der Waals surface area contributed by atoms with Crippen LogP contribution in [-0.4, -0.2) is 14.0 Å². The second kappa shape index (κ2) is 4.16. The van der Waals surface area contributed by atoms with E-state index in [-0.39, 0.29) is 0 Å². The highest BCUT2D eigenvalue weighted by atomic mass is 32.1. The van der Waals surface area contributed by atoms with Crippen LogP contribution in [0.2, 0.25) is 0 Å². The van der Waals surface area contributed by atoms with Crippen molar-refractivity contribution in [1.29, 1.82) is 0 Å². The van der Waals surface area contributed by atoms with E-state index in [2.05, 4.69) is 70.6 Å². The number of hydrogen-bond acceptors (Lipinski definition) is 2. The number of fused-ring (bicyclic) bond motifs is 8. The van der Waals surface area contributed by atoms with Crippen molar-refractivity contribution in [3.05, 3.63) is 60.7 Å². The minimum atomic E-state index is 0.994. The van der Waals surface area contributed by atoms with Gasteiger partial charge in [0.25, 0.3) is 0 Å². The molecule has 3 heterocycles. The SMILES string of the molecule is Cn1c2cc3c(cc2n2c4ccccc4nc12)sc1ccccc13. The predicted molar refractivity (Wildman–Crippen MR) is 102 cm³/mol. The molecule has 3 nitrogen and oxygen atoms in total.